The smallest absolute Gasteiger partial charge is 0.262 e. The van der Waals surface area contributed by atoms with Gasteiger partial charge in [0.15, 0.2) is 0 Å². The summed E-state index contributed by atoms with van der Waals surface area (Å²) in [6.45, 7) is 2.04. The van der Waals surface area contributed by atoms with Gasteiger partial charge in [0.05, 0.1) is 11.1 Å². The number of benzene rings is 1. The molecule has 1 aromatic rings. The van der Waals surface area contributed by atoms with Crippen LogP contribution >= 0.6 is 28.3 Å². The quantitative estimate of drug-likeness (QED) is 0.741. The first-order valence-electron chi connectivity index (χ1n) is 8.09. The number of fused-ring (bicyclic) bond motifs is 1. The lowest BCUT2D eigenvalue weighted by atomic mass is 9.98. The molecule has 1 N–H and O–H groups in total. The fourth-order valence-corrected chi connectivity index (χ4v) is 3.75. The zero-order valence-electron chi connectivity index (χ0n) is 14.0. The Hall–Kier alpha value is -1.44. The van der Waals surface area contributed by atoms with Gasteiger partial charge in [0.1, 0.15) is 6.54 Å². The van der Waals surface area contributed by atoms with Crippen LogP contribution < -0.4 is 5.32 Å². The lowest BCUT2D eigenvalue weighted by Crippen LogP contribution is -2.47. The molecule has 1 fully saturated rings. The third-order valence-corrected chi connectivity index (χ3v) is 5.08. The van der Waals surface area contributed by atoms with Gasteiger partial charge in [-0.05, 0) is 50.6 Å². The number of amides is 3. The average molecular weight is 431 g/mol. The molecule has 1 aromatic carbocycles. The van der Waals surface area contributed by atoms with Crippen molar-refractivity contribution < 1.29 is 14.4 Å². The molecule has 1 unspecified atom stereocenters. The molecule has 0 bridgehead atoms. The Morgan fingerprint density at radius 3 is 2.72 bits per heavy atom. The molecule has 0 radical (unpaired) electrons. The SMILES string of the molecule is CNCC1CCCN(C(=O)CN2C(=O)c3ccc(Br)cc3C2=O)C1.Cl. The molecular formula is C17H21BrClN3O3. The van der Waals surface area contributed by atoms with Gasteiger partial charge in [-0.1, -0.05) is 15.9 Å². The molecule has 2 aliphatic heterocycles. The molecule has 0 spiro atoms. The number of carbonyl (C=O) groups is 3. The fourth-order valence-electron chi connectivity index (χ4n) is 3.39. The van der Waals surface area contributed by atoms with E-state index in [9.17, 15) is 14.4 Å². The van der Waals surface area contributed by atoms with E-state index in [1.165, 1.54) is 0 Å². The second kappa shape index (κ2) is 8.29. The molecule has 136 valence electrons. The minimum atomic E-state index is -0.395. The summed E-state index contributed by atoms with van der Waals surface area (Å²) in [4.78, 5) is 40.2. The van der Waals surface area contributed by atoms with Gasteiger partial charge in [0, 0.05) is 17.6 Å². The van der Waals surface area contributed by atoms with Crippen molar-refractivity contribution in [3.05, 3.63) is 33.8 Å². The second-order valence-electron chi connectivity index (χ2n) is 6.29. The number of rotatable bonds is 4. The molecule has 6 nitrogen and oxygen atoms in total. The van der Waals surface area contributed by atoms with E-state index in [2.05, 4.69) is 21.2 Å². The first-order valence-corrected chi connectivity index (χ1v) is 8.88. The fraction of sp³-hybridized carbons (Fsp3) is 0.471. The summed E-state index contributed by atoms with van der Waals surface area (Å²) in [5.41, 5.74) is 0.719. The van der Waals surface area contributed by atoms with Gasteiger partial charge in [0.25, 0.3) is 11.8 Å². The largest absolute Gasteiger partial charge is 0.341 e. The maximum Gasteiger partial charge on any atom is 0.262 e. The van der Waals surface area contributed by atoms with Crippen LogP contribution in [-0.4, -0.2) is 60.7 Å². The van der Waals surface area contributed by atoms with Crippen molar-refractivity contribution in [2.45, 2.75) is 12.8 Å². The van der Waals surface area contributed by atoms with E-state index in [0.717, 1.165) is 28.8 Å². The topological polar surface area (TPSA) is 69.7 Å². The Bertz CT molecular complexity index is 696. The van der Waals surface area contributed by atoms with E-state index in [-0.39, 0.29) is 30.8 Å². The van der Waals surface area contributed by atoms with Crippen LogP contribution in [0.5, 0.6) is 0 Å². The van der Waals surface area contributed by atoms with Crippen molar-refractivity contribution in [3.8, 4) is 0 Å². The van der Waals surface area contributed by atoms with Crippen molar-refractivity contribution >= 4 is 46.1 Å². The summed E-state index contributed by atoms with van der Waals surface area (Å²) < 4.78 is 0.738. The summed E-state index contributed by atoms with van der Waals surface area (Å²) in [5, 5.41) is 3.14. The number of carbonyl (C=O) groups excluding carboxylic acids is 3. The van der Waals surface area contributed by atoms with Crippen LogP contribution in [0.25, 0.3) is 0 Å². The van der Waals surface area contributed by atoms with Crippen molar-refractivity contribution in [3.63, 3.8) is 0 Å². The summed E-state index contributed by atoms with van der Waals surface area (Å²) >= 11 is 3.30. The van der Waals surface area contributed by atoms with Crippen LogP contribution in [-0.2, 0) is 4.79 Å². The third-order valence-electron chi connectivity index (χ3n) is 4.59. The standard InChI is InChI=1S/C17H20BrN3O3.ClH/c1-19-8-11-3-2-6-20(9-11)15(22)10-21-16(23)13-5-4-12(18)7-14(13)17(21)24;/h4-5,7,11,19H,2-3,6,8-10H2,1H3;1H. The van der Waals surface area contributed by atoms with Crippen LogP contribution in [0.2, 0.25) is 0 Å². The number of piperidine rings is 1. The predicted molar refractivity (Wildman–Crippen MR) is 100.0 cm³/mol. The summed E-state index contributed by atoms with van der Waals surface area (Å²) in [6.07, 6.45) is 2.04. The van der Waals surface area contributed by atoms with Crippen molar-refractivity contribution in [2.75, 3.05) is 33.2 Å². The van der Waals surface area contributed by atoms with E-state index < -0.39 is 5.91 Å². The molecule has 0 aromatic heterocycles. The zero-order valence-corrected chi connectivity index (χ0v) is 16.4. The molecule has 1 saturated heterocycles. The molecule has 0 saturated carbocycles. The summed E-state index contributed by atoms with van der Waals surface area (Å²) in [6, 6.07) is 4.97. The number of nitrogens with zero attached hydrogens (tertiary/aromatic N) is 2. The number of hydrogen-bond acceptors (Lipinski definition) is 4. The van der Waals surface area contributed by atoms with E-state index in [1.54, 1.807) is 23.1 Å². The first kappa shape index (κ1) is 19.9. The van der Waals surface area contributed by atoms with Gasteiger partial charge in [-0.2, -0.15) is 0 Å². The Labute approximate surface area is 161 Å². The van der Waals surface area contributed by atoms with Crippen LogP contribution in [0.1, 0.15) is 33.6 Å². The van der Waals surface area contributed by atoms with Crippen LogP contribution in [0.3, 0.4) is 0 Å². The summed E-state index contributed by atoms with van der Waals surface area (Å²) in [5.74, 6) is -0.525. The van der Waals surface area contributed by atoms with Gasteiger partial charge in [0.2, 0.25) is 5.91 Å². The van der Waals surface area contributed by atoms with Gasteiger partial charge in [-0.3, -0.25) is 19.3 Å². The molecular weight excluding hydrogens is 410 g/mol. The second-order valence-corrected chi connectivity index (χ2v) is 7.21. The van der Waals surface area contributed by atoms with E-state index >= 15 is 0 Å². The molecule has 2 heterocycles. The highest BCUT2D eigenvalue weighted by Gasteiger charge is 2.37. The van der Waals surface area contributed by atoms with Gasteiger partial charge >= 0.3 is 0 Å². The van der Waals surface area contributed by atoms with Gasteiger partial charge in [-0.25, -0.2) is 0 Å². The van der Waals surface area contributed by atoms with Crippen LogP contribution in [0, 0.1) is 5.92 Å². The van der Waals surface area contributed by atoms with Crippen LogP contribution in [0.15, 0.2) is 22.7 Å². The number of likely N-dealkylation sites (tertiary alicyclic amines) is 1. The highest BCUT2D eigenvalue weighted by molar-refractivity contribution is 9.10. The molecule has 3 rings (SSSR count). The zero-order chi connectivity index (χ0) is 17.3. The number of nitrogens with one attached hydrogen (secondary N) is 1. The molecule has 1 atom stereocenters. The number of hydrogen-bond donors (Lipinski definition) is 1. The Balaban J connectivity index is 0.00000225. The lowest BCUT2D eigenvalue weighted by Gasteiger charge is -2.33. The van der Waals surface area contributed by atoms with Crippen LogP contribution in [0.4, 0.5) is 0 Å². The minimum Gasteiger partial charge on any atom is -0.341 e. The van der Waals surface area contributed by atoms with Gasteiger partial charge in [-0.15, -0.1) is 12.4 Å². The van der Waals surface area contributed by atoms with Crippen molar-refractivity contribution in [1.82, 2.24) is 15.1 Å². The Morgan fingerprint density at radius 1 is 1.28 bits per heavy atom. The number of imide groups is 1. The van der Waals surface area contributed by atoms with E-state index in [0.29, 0.717) is 30.1 Å². The van der Waals surface area contributed by atoms with E-state index in [1.807, 2.05) is 7.05 Å². The monoisotopic (exact) mass is 429 g/mol. The molecule has 8 heteroatoms. The first-order chi connectivity index (χ1) is 11.5. The third kappa shape index (κ3) is 4.04. The number of halogens is 2. The van der Waals surface area contributed by atoms with Crippen molar-refractivity contribution in [2.24, 2.45) is 5.92 Å². The maximum atomic E-state index is 12.6. The Morgan fingerprint density at radius 2 is 2.00 bits per heavy atom. The predicted octanol–water partition coefficient (Wildman–Crippen LogP) is 1.92. The normalized spacial score (nSPS) is 19.7. The molecule has 25 heavy (non-hydrogen) atoms. The summed E-state index contributed by atoms with van der Waals surface area (Å²) in [7, 11) is 1.90. The lowest BCUT2D eigenvalue weighted by molar-refractivity contribution is -0.133. The maximum absolute atomic E-state index is 12.6. The molecule has 0 aliphatic carbocycles. The minimum absolute atomic E-state index is 0. The molecule has 2 aliphatic rings. The Kier molecular flexibility index (Phi) is 6.59. The average Bonchev–Trinajstić information content (AvgIpc) is 2.80. The highest BCUT2D eigenvalue weighted by Crippen LogP contribution is 2.26. The van der Waals surface area contributed by atoms with Gasteiger partial charge < -0.3 is 10.2 Å². The van der Waals surface area contributed by atoms with Crippen molar-refractivity contribution in [1.29, 1.82) is 0 Å². The molecule has 3 amide bonds. The van der Waals surface area contributed by atoms with E-state index in [4.69, 9.17) is 0 Å². The highest BCUT2D eigenvalue weighted by atomic mass is 79.9.